The highest BCUT2D eigenvalue weighted by molar-refractivity contribution is 6.30. The van der Waals surface area contributed by atoms with Gasteiger partial charge in [0.1, 0.15) is 11.5 Å². The molecular weight excluding hydrogens is 360 g/mol. The molecule has 6 heteroatoms. The molecule has 27 heavy (non-hydrogen) atoms. The van der Waals surface area contributed by atoms with Crippen LogP contribution < -0.4 is 10.2 Å². The molecule has 136 valence electrons. The summed E-state index contributed by atoms with van der Waals surface area (Å²) >= 11 is 5.87. The fourth-order valence-corrected chi connectivity index (χ4v) is 3.29. The van der Waals surface area contributed by atoms with E-state index in [9.17, 15) is 4.79 Å². The maximum atomic E-state index is 12.3. The minimum Gasteiger partial charge on any atom is -0.351 e. The molecule has 0 saturated heterocycles. The Hall–Kier alpha value is -2.92. The second kappa shape index (κ2) is 7.76. The van der Waals surface area contributed by atoms with Crippen molar-refractivity contribution >= 4 is 23.3 Å². The highest BCUT2D eigenvalue weighted by Gasteiger charge is 2.18. The molecular formula is C21H19ClN4O. The Bertz CT molecular complexity index is 941. The molecule has 0 atom stereocenters. The Morgan fingerprint density at radius 1 is 1.04 bits per heavy atom. The molecule has 0 spiro atoms. The second-order valence-corrected chi connectivity index (χ2v) is 6.95. The summed E-state index contributed by atoms with van der Waals surface area (Å²) in [6, 6.07) is 15.8. The fourth-order valence-electron chi connectivity index (χ4n) is 3.17. The SMILES string of the molecule is O=C(NCc1ccc(Cl)cc1)c1cnc(N2CCc3ccccc3C2)cn1. The average molecular weight is 379 g/mol. The maximum absolute atomic E-state index is 12.3. The van der Waals surface area contributed by atoms with Crippen LogP contribution in [0.3, 0.4) is 0 Å². The molecule has 0 fully saturated rings. The molecule has 3 aromatic rings. The van der Waals surface area contributed by atoms with Crippen molar-refractivity contribution in [1.82, 2.24) is 15.3 Å². The smallest absolute Gasteiger partial charge is 0.271 e. The van der Waals surface area contributed by atoms with Crippen LogP contribution in [-0.2, 0) is 19.5 Å². The van der Waals surface area contributed by atoms with Crippen LogP contribution in [0.25, 0.3) is 0 Å². The third-order valence-corrected chi connectivity index (χ3v) is 4.94. The fraction of sp³-hybridized carbons (Fsp3) is 0.190. The van der Waals surface area contributed by atoms with E-state index in [1.165, 1.54) is 17.3 Å². The number of rotatable bonds is 4. The van der Waals surface area contributed by atoms with E-state index < -0.39 is 0 Å². The number of anilines is 1. The monoisotopic (exact) mass is 378 g/mol. The van der Waals surface area contributed by atoms with Crippen molar-refractivity contribution in [1.29, 1.82) is 0 Å². The molecule has 2 heterocycles. The van der Waals surface area contributed by atoms with E-state index in [1.807, 2.05) is 12.1 Å². The molecule has 1 amide bonds. The van der Waals surface area contributed by atoms with Crippen molar-refractivity contribution in [2.45, 2.75) is 19.5 Å². The summed E-state index contributed by atoms with van der Waals surface area (Å²) in [6.07, 6.45) is 4.19. The summed E-state index contributed by atoms with van der Waals surface area (Å²) < 4.78 is 0. The van der Waals surface area contributed by atoms with Gasteiger partial charge >= 0.3 is 0 Å². The Balaban J connectivity index is 1.38. The van der Waals surface area contributed by atoms with Gasteiger partial charge in [-0.2, -0.15) is 0 Å². The third-order valence-electron chi connectivity index (χ3n) is 4.69. The van der Waals surface area contributed by atoms with Crippen LogP contribution in [0.4, 0.5) is 5.82 Å². The zero-order valence-corrected chi connectivity index (χ0v) is 15.5. The van der Waals surface area contributed by atoms with Gasteiger partial charge in [0.25, 0.3) is 5.91 Å². The van der Waals surface area contributed by atoms with Crippen molar-refractivity contribution in [3.8, 4) is 0 Å². The molecule has 2 aromatic carbocycles. The highest BCUT2D eigenvalue weighted by atomic mass is 35.5. The van der Waals surface area contributed by atoms with Crippen LogP contribution in [0.2, 0.25) is 5.02 Å². The van der Waals surface area contributed by atoms with E-state index in [4.69, 9.17) is 11.6 Å². The first kappa shape index (κ1) is 17.5. The van der Waals surface area contributed by atoms with Gasteiger partial charge in [-0.15, -0.1) is 0 Å². The van der Waals surface area contributed by atoms with Gasteiger partial charge < -0.3 is 10.2 Å². The van der Waals surface area contributed by atoms with E-state index in [0.717, 1.165) is 30.9 Å². The van der Waals surface area contributed by atoms with Crippen LogP contribution in [0, 0.1) is 0 Å². The standard InChI is InChI=1S/C21H19ClN4O/c22-18-7-5-15(6-8-18)11-25-21(27)19-12-24-20(13-23-19)26-10-9-16-3-1-2-4-17(16)14-26/h1-8,12-13H,9-11,14H2,(H,25,27). The largest absolute Gasteiger partial charge is 0.351 e. The average Bonchev–Trinajstić information content (AvgIpc) is 2.73. The van der Waals surface area contributed by atoms with Gasteiger partial charge in [0.15, 0.2) is 0 Å². The Morgan fingerprint density at radius 2 is 1.81 bits per heavy atom. The van der Waals surface area contributed by atoms with Crippen LogP contribution in [-0.4, -0.2) is 22.4 Å². The van der Waals surface area contributed by atoms with E-state index >= 15 is 0 Å². The van der Waals surface area contributed by atoms with Crippen molar-refractivity contribution in [2.24, 2.45) is 0 Å². The Kier molecular flexibility index (Phi) is 5.03. The summed E-state index contributed by atoms with van der Waals surface area (Å²) in [5.41, 5.74) is 3.99. The maximum Gasteiger partial charge on any atom is 0.271 e. The molecule has 1 aromatic heterocycles. The number of aromatic nitrogens is 2. The van der Waals surface area contributed by atoms with E-state index in [1.54, 1.807) is 18.3 Å². The van der Waals surface area contributed by atoms with Gasteiger partial charge in [0, 0.05) is 24.7 Å². The lowest BCUT2D eigenvalue weighted by Crippen LogP contribution is -2.31. The van der Waals surface area contributed by atoms with Crippen molar-refractivity contribution in [3.05, 3.63) is 88.3 Å². The minimum absolute atomic E-state index is 0.243. The van der Waals surface area contributed by atoms with Crippen LogP contribution in [0.15, 0.2) is 60.9 Å². The molecule has 1 aliphatic heterocycles. The Morgan fingerprint density at radius 3 is 2.56 bits per heavy atom. The first-order valence-electron chi connectivity index (χ1n) is 8.85. The van der Waals surface area contributed by atoms with Gasteiger partial charge in [-0.3, -0.25) is 4.79 Å². The second-order valence-electron chi connectivity index (χ2n) is 6.51. The number of halogens is 1. The zero-order valence-electron chi connectivity index (χ0n) is 14.7. The quantitative estimate of drug-likeness (QED) is 0.753. The van der Waals surface area contributed by atoms with Gasteiger partial charge in [-0.05, 0) is 35.2 Å². The molecule has 0 bridgehead atoms. The predicted octanol–water partition coefficient (Wildman–Crippen LogP) is 3.62. The lowest BCUT2D eigenvalue weighted by molar-refractivity contribution is 0.0945. The number of amides is 1. The number of nitrogens with zero attached hydrogens (tertiary/aromatic N) is 3. The molecule has 1 aliphatic rings. The number of carbonyl (C=O) groups excluding carboxylic acids is 1. The van der Waals surface area contributed by atoms with Gasteiger partial charge in [-0.1, -0.05) is 48.0 Å². The van der Waals surface area contributed by atoms with Gasteiger partial charge in [0.05, 0.1) is 12.4 Å². The first-order chi connectivity index (χ1) is 13.2. The first-order valence-corrected chi connectivity index (χ1v) is 9.23. The number of nitrogens with one attached hydrogen (secondary N) is 1. The number of fused-ring (bicyclic) bond motifs is 1. The molecule has 1 N–H and O–H groups in total. The van der Waals surface area contributed by atoms with Crippen LogP contribution in [0.1, 0.15) is 27.2 Å². The third kappa shape index (κ3) is 4.09. The normalized spacial score (nSPS) is 13.1. The summed E-state index contributed by atoms with van der Waals surface area (Å²) in [6.45, 7) is 2.13. The summed E-state index contributed by atoms with van der Waals surface area (Å²) in [4.78, 5) is 23.2. The van der Waals surface area contributed by atoms with E-state index in [0.29, 0.717) is 17.3 Å². The summed E-state index contributed by atoms with van der Waals surface area (Å²) in [7, 11) is 0. The molecule has 0 aliphatic carbocycles. The molecule has 4 rings (SSSR count). The zero-order chi connectivity index (χ0) is 18.6. The Labute approximate surface area is 163 Å². The summed E-state index contributed by atoms with van der Waals surface area (Å²) in [5.74, 6) is 0.548. The molecule has 0 unspecified atom stereocenters. The number of carbonyl (C=O) groups is 1. The lowest BCUT2D eigenvalue weighted by atomic mass is 10.0. The lowest BCUT2D eigenvalue weighted by Gasteiger charge is -2.29. The minimum atomic E-state index is -0.243. The van der Waals surface area contributed by atoms with Gasteiger partial charge in [-0.25, -0.2) is 9.97 Å². The summed E-state index contributed by atoms with van der Waals surface area (Å²) in [5, 5.41) is 3.52. The van der Waals surface area contributed by atoms with Crippen molar-refractivity contribution < 1.29 is 4.79 Å². The predicted molar refractivity (Wildman–Crippen MR) is 106 cm³/mol. The topological polar surface area (TPSA) is 58.1 Å². The highest BCUT2D eigenvalue weighted by Crippen LogP contribution is 2.22. The number of hydrogen-bond donors (Lipinski definition) is 1. The van der Waals surface area contributed by atoms with Crippen LogP contribution in [0.5, 0.6) is 0 Å². The molecule has 5 nitrogen and oxygen atoms in total. The molecule has 0 radical (unpaired) electrons. The number of hydrogen-bond acceptors (Lipinski definition) is 4. The van der Waals surface area contributed by atoms with Crippen LogP contribution >= 0.6 is 11.6 Å². The van der Waals surface area contributed by atoms with Gasteiger partial charge in [0.2, 0.25) is 0 Å². The number of benzene rings is 2. The van der Waals surface area contributed by atoms with E-state index in [2.05, 4.69) is 44.5 Å². The molecule has 0 saturated carbocycles. The van der Waals surface area contributed by atoms with Crippen molar-refractivity contribution in [2.75, 3.05) is 11.4 Å². The van der Waals surface area contributed by atoms with Crippen molar-refractivity contribution in [3.63, 3.8) is 0 Å². The van der Waals surface area contributed by atoms with E-state index in [-0.39, 0.29) is 5.91 Å².